The second-order valence-electron chi connectivity index (χ2n) is 16.3. The molecule has 0 aromatic carbocycles. The molecule has 1 saturated heterocycles. The Balaban J connectivity index is 1.55. The normalized spacial score (nSPS) is 38.8. The SMILES string of the molecule is COCCC1C(O)CC(C(CC(CCC2CC(OC)C(O)CC2C2CCNC(N)C2)OC(C)=O)OC(C)=O)CC2CC1CCC2C(C)C. The number of esters is 2. The average Bonchev–Trinajstić information content (AvgIpc) is 3.02. The number of fused-ring (bicyclic) bond motifs is 2. The van der Waals surface area contributed by atoms with Crippen molar-refractivity contribution in [2.45, 2.75) is 148 Å². The van der Waals surface area contributed by atoms with E-state index in [-0.39, 0.29) is 42.0 Å². The predicted octanol–water partition coefficient (Wildman–Crippen LogP) is 4.82. The fourth-order valence-corrected chi connectivity index (χ4v) is 10.6. The minimum absolute atomic E-state index is 0.0380. The molecular formula is C38H68N2O8. The quantitative estimate of drug-likeness (QED) is 0.188. The molecule has 0 radical (unpaired) electrons. The molecular weight excluding hydrogens is 612 g/mol. The molecule has 4 rings (SSSR count). The third-order valence-electron chi connectivity index (χ3n) is 12.8. The molecule has 14 atom stereocenters. The fourth-order valence-electron chi connectivity index (χ4n) is 10.6. The van der Waals surface area contributed by atoms with Crippen LogP contribution in [0.5, 0.6) is 0 Å². The zero-order valence-corrected chi connectivity index (χ0v) is 30.7. The highest BCUT2D eigenvalue weighted by Crippen LogP contribution is 2.49. The standard InChI is InChI=1S/C38H68N2O8/c1-22(2)31-10-8-25-15-28(31)16-29(17-34(43)32(25)12-14-45-5)36(48-24(4)42)20-30(47-23(3)41)9-7-26-18-37(46-6)35(44)21-33(26)27-11-13-40-38(39)19-27/h22,25-38,40,43-44H,7-21,39H2,1-6H3. The molecule has 0 aromatic rings. The van der Waals surface area contributed by atoms with Crippen molar-refractivity contribution >= 4 is 11.9 Å². The highest BCUT2D eigenvalue weighted by atomic mass is 16.6. The molecule has 3 aliphatic carbocycles. The number of aliphatic hydroxyl groups is 2. The largest absolute Gasteiger partial charge is 0.462 e. The second-order valence-corrected chi connectivity index (χ2v) is 16.3. The van der Waals surface area contributed by atoms with E-state index in [4.69, 9.17) is 24.7 Å². The molecule has 10 nitrogen and oxygen atoms in total. The van der Waals surface area contributed by atoms with Gasteiger partial charge in [0.2, 0.25) is 0 Å². The number of ether oxygens (including phenoxy) is 4. The summed E-state index contributed by atoms with van der Waals surface area (Å²) in [6, 6.07) is 0. The Morgan fingerprint density at radius 2 is 1.60 bits per heavy atom. The first-order valence-electron chi connectivity index (χ1n) is 19.1. The number of nitrogens with one attached hydrogen (secondary N) is 1. The van der Waals surface area contributed by atoms with Gasteiger partial charge in [0.25, 0.3) is 0 Å². The second kappa shape index (κ2) is 18.8. The highest BCUT2D eigenvalue weighted by Gasteiger charge is 2.45. The van der Waals surface area contributed by atoms with Gasteiger partial charge in [-0.1, -0.05) is 13.8 Å². The van der Waals surface area contributed by atoms with Gasteiger partial charge in [-0.25, -0.2) is 0 Å². The van der Waals surface area contributed by atoms with E-state index in [0.717, 1.165) is 64.3 Å². The van der Waals surface area contributed by atoms with Crippen LogP contribution in [0.15, 0.2) is 0 Å². The van der Waals surface area contributed by atoms with Crippen molar-refractivity contribution in [2.24, 2.45) is 59.0 Å². The van der Waals surface area contributed by atoms with Crippen molar-refractivity contribution in [1.82, 2.24) is 5.32 Å². The number of aliphatic hydroxyl groups excluding tert-OH is 2. The van der Waals surface area contributed by atoms with Gasteiger partial charge in [0, 0.05) is 41.1 Å². The van der Waals surface area contributed by atoms with Gasteiger partial charge in [0.05, 0.1) is 24.5 Å². The lowest BCUT2D eigenvalue weighted by molar-refractivity contribution is -0.158. The first-order chi connectivity index (χ1) is 22.9. The molecule has 10 heteroatoms. The summed E-state index contributed by atoms with van der Waals surface area (Å²) in [4.78, 5) is 25.1. The molecule has 48 heavy (non-hydrogen) atoms. The Hall–Kier alpha value is -1.30. The summed E-state index contributed by atoms with van der Waals surface area (Å²) in [5.74, 6) is 2.56. The summed E-state index contributed by atoms with van der Waals surface area (Å²) in [6.07, 6.45) is 8.68. The van der Waals surface area contributed by atoms with Crippen LogP contribution in [0.2, 0.25) is 0 Å². The molecule has 0 amide bonds. The van der Waals surface area contributed by atoms with Crippen LogP contribution in [0.25, 0.3) is 0 Å². The molecule has 2 bridgehead atoms. The van der Waals surface area contributed by atoms with Crippen LogP contribution in [-0.2, 0) is 28.5 Å². The van der Waals surface area contributed by atoms with Crippen LogP contribution in [-0.4, -0.2) is 86.2 Å². The molecule has 3 saturated carbocycles. The van der Waals surface area contributed by atoms with Crippen LogP contribution < -0.4 is 11.1 Å². The summed E-state index contributed by atoms with van der Waals surface area (Å²) in [5, 5.41) is 26.0. The van der Waals surface area contributed by atoms with Gasteiger partial charge in [-0.15, -0.1) is 0 Å². The number of nitrogens with two attached hydrogens (primary N) is 1. The van der Waals surface area contributed by atoms with E-state index in [1.165, 1.54) is 13.8 Å². The van der Waals surface area contributed by atoms with E-state index in [0.29, 0.717) is 67.8 Å². The smallest absolute Gasteiger partial charge is 0.302 e. The van der Waals surface area contributed by atoms with Crippen LogP contribution in [0, 0.1) is 53.3 Å². The van der Waals surface area contributed by atoms with Gasteiger partial charge >= 0.3 is 11.9 Å². The summed E-state index contributed by atoms with van der Waals surface area (Å²) < 4.78 is 23.3. The van der Waals surface area contributed by atoms with E-state index in [1.807, 2.05) is 0 Å². The summed E-state index contributed by atoms with van der Waals surface area (Å²) in [6.45, 7) is 9.03. The Kier molecular flexibility index (Phi) is 15.5. The Morgan fingerprint density at radius 1 is 0.854 bits per heavy atom. The molecule has 4 fully saturated rings. The maximum atomic E-state index is 12.6. The minimum Gasteiger partial charge on any atom is -0.462 e. The number of hydrogen-bond donors (Lipinski definition) is 4. The van der Waals surface area contributed by atoms with Crippen LogP contribution >= 0.6 is 0 Å². The van der Waals surface area contributed by atoms with Gasteiger partial charge in [-0.3, -0.25) is 9.59 Å². The zero-order valence-electron chi connectivity index (χ0n) is 30.7. The lowest BCUT2D eigenvalue weighted by Crippen LogP contribution is -2.49. The highest BCUT2D eigenvalue weighted by molar-refractivity contribution is 5.66. The Labute approximate surface area is 289 Å². The fraction of sp³-hybridized carbons (Fsp3) is 0.947. The summed E-state index contributed by atoms with van der Waals surface area (Å²) in [7, 11) is 3.38. The lowest BCUT2D eigenvalue weighted by atomic mass is 9.60. The van der Waals surface area contributed by atoms with Crippen LogP contribution in [0.4, 0.5) is 0 Å². The third kappa shape index (κ3) is 10.8. The third-order valence-corrected chi connectivity index (χ3v) is 12.8. The Morgan fingerprint density at radius 3 is 2.25 bits per heavy atom. The zero-order chi connectivity index (χ0) is 35.0. The van der Waals surface area contributed by atoms with Gasteiger partial charge < -0.3 is 40.2 Å². The maximum Gasteiger partial charge on any atom is 0.302 e. The van der Waals surface area contributed by atoms with Crippen molar-refractivity contribution in [3.8, 4) is 0 Å². The van der Waals surface area contributed by atoms with Crippen LogP contribution in [0.1, 0.15) is 111 Å². The number of carbonyl (C=O) groups is 2. The van der Waals surface area contributed by atoms with Crippen molar-refractivity contribution in [3.63, 3.8) is 0 Å². The van der Waals surface area contributed by atoms with E-state index in [2.05, 4.69) is 19.2 Å². The Bertz CT molecular complexity index is 998. The van der Waals surface area contributed by atoms with Gasteiger partial charge in [-0.2, -0.15) is 0 Å². The van der Waals surface area contributed by atoms with E-state index in [1.54, 1.807) is 14.2 Å². The molecule has 14 unspecified atom stereocenters. The summed E-state index contributed by atoms with van der Waals surface area (Å²) in [5.41, 5.74) is 6.31. The van der Waals surface area contributed by atoms with E-state index < -0.39 is 24.4 Å². The molecule has 5 N–H and O–H groups in total. The topological polar surface area (TPSA) is 150 Å². The molecule has 0 aromatic heterocycles. The number of hydrogen-bond acceptors (Lipinski definition) is 10. The average molecular weight is 681 g/mol. The minimum atomic E-state index is -0.507. The number of methoxy groups -OCH3 is 2. The predicted molar refractivity (Wildman–Crippen MR) is 185 cm³/mol. The van der Waals surface area contributed by atoms with Crippen molar-refractivity contribution in [1.29, 1.82) is 0 Å². The van der Waals surface area contributed by atoms with Crippen molar-refractivity contribution in [3.05, 3.63) is 0 Å². The van der Waals surface area contributed by atoms with E-state index in [9.17, 15) is 19.8 Å². The molecule has 1 heterocycles. The van der Waals surface area contributed by atoms with Gasteiger partial charge in [0.1, 0.15) is 12.2 Å². The molecule has 278 valence electrons. The molecule has 1 aliphatic heterocycles. The number of piperidine rings is 1. The van der Waals surface area contributed by atoms with Crippen molar-refractivity contribution in [2.75, 3.05) is 27.4 Å². The lowest BCUT2D eigenvalue weighted by Gasteiger charge is -2.47. The number of carbonyl (C=O) groups excluding carboxylic acids is 2. The van der Waals surface area contributed by atoms with Crippen LogP contribution in [0.3, 0.4) is 0 Å². The first kappa shape index (κ1) is 39.5. The summed E-state index contributed by atoms with van der Waals surface area (Å²) >= 11 is 0. The maximum absolute atomic E-state index is 12.6. The monoisotopic (exact) mass is 680 g/mol. The number of rotatable bonds is 14. The van der Waals surface area contributed by atoms with Gasteiger partial charge in [0.15, 0.2) is 0 Å². The van der Waals surface area contributed by atoms with Crippen molar-refractivity contribution < 1.29 is 38.7 Å². The van der Waals surface area contributed by atoms with E-state index >= 15 is 0 Å². The van der Waals surface area contributed by atoms with Gasteiger partial charge in [-0.05, 0) is 137 Å². The molecule has 4 aliphatic rings. The first-order valence-corrected chi connectivity index (χ1v) is 19.1. The molecule has 0 spiro atoms.